The molecule has 1 aromatic heterocycles. The van der Waals surface area contributed by atoms with Crippen molar-refractivity contribution in [3.8, 4) is 5.75 Å². The maximum absolute atomic E-state index is 12.0. The Morgan fingerprint density at radius 3 is 2.42 bits per heavy atom. The van der Waals surface area contributed by atoms with E-state index >= 15 is 0 Å². The molecule has 7 nitrogen and oxygen atoms in total. The van der Waals surface area contributed by atoms with Crippen LogP contribution in [0.4, 0.5) is 5.82 Å². The van der Waals surface area contributed by atoms with Gasteiger partial charge in [0.25, 0.3) is 0 Å². The van der Waals surface area contributed by atoms with Crippen LogP contribution in [0.25, 0.3) is 0 Å². The van der Waals surface area contributed by atoms with E-state index in [2.05, 4.69) is 31.5 Å². The van der Waals surface area contributed by atoms with Gasteiger partial charge in [0.15, 0.2) is 0 Å². The Morgan fingerprint density at radius 2 is 1.81 bits per heavy atom. The number of aromatic nitrogens is 1. The molecule has 1 heterocycles. The van der Waals surface area contributed by atoms with Gasteiger partial charge in [0, 0.05) is 17.2 Å². The summed E-state index contributed by atoms with van der Waals surface area (Å²) in [7, 11) is 3.32. The Hall–Kier alpha value is -2.45. The number of ether oxygens (including phenoxy) is 1. The number of halogens is 1. The molecule has 2 aromatic rings. The van der Waals surface area contributed by atoms with Gasteiger partial charge in [-0.05, 0) is 52.8 Å². The number of hydrogen-bond acceptors (Lipinski definition) is 5. The van der Waals surface area contributed by atoms with Gasteiger partial charge in [0.05, 0.1) is 20.2 Å². The number of carbonyl (C=O) groups excluding carboxylic acids is 2. The number of pyridine rings is 1. The number of hydrogen-bond donors (Lipinski definition) is 2. The van der Waals surface area contributed by atoms with E-state index in [-0.39, 0.29) is 24.9 Å². The molecule has 2 rings (SSSR count). The molecule has 26 heavy (non-hydrogen) atoms. The SMILES string of the molecule is COc1ccc(CNC(=O)CN(C)CC(=O)Nc2ccc(Br)cn2)cc1. The molecule has 0 radical (unpaired) electrons. The second-order valence-electron chi connectivity index (χ2n) is 5.71. The van der Waals surface area contributed by atoms with Gasteiger partial charge in [-0.25, -0.2) is 4.98 Å². The topological polar surface area (TPSA) is 83.6 Å². The second kappa shape index (κ2) is 9.88. The fourth-order valence-electron chi connectivity index (χ4n) is 2.18. The average molecular weight is 421 g/mol. The normalized spacial score (nSPS) is 10.5. The van der Waals surface area contributed by atoms with Gasteiger partial charge in [0.2, 0.25) is 11.8 Å². The molecule has 8 heteroatoms. The van der Waals surface area contributed by atoms with Crippen molar-refractivity contribution in [2.75, 3.05) is 32.6 Å². The van der Waals surface area contributed by atoms with Crippen LogP contribution >= 0.6 is 15.9 Å². The van der Waals surface area contributed by atoms with Crippen LogP contribution in [0.5, 0.6) is 5.75 Å². The predicted octanol–water partition coefficient (Wildman–Crippen LogP) is 2.04. The number of likely N-dealkylation sites (N-methyl/N-ethyl adjacent to an activating group) is 1. The third-order valence-corrected chi connectivity index (χ3v) is 3.94. The highest BCUT2D eigenvalue weighted by Crippen LogP contribution is 2.11. The minimum atomic E-state index is -0.231. The molecular weight excluding hydrogens is 400 g/mol. The summed E-state index contributed by atoms with van der Waals surface area (Å²) in [6.45, 7) is 0.636. The smallest absolute Gasteiger partial charge is 0.239 e. The Kier molecular flexibility index (Phi) is 7.55. The third kappa shape index (κ3) is 6.81. The molecule has 2 N–H and O–H groups in total. The van der Waals surface area contributed by atoms with Crippen molar-refractivity contribution in [1.29, 1.82) is 0 Å². The Labute approximate surface area is 160 Å². The number of rotatable bonds is 8. The molecule has 0 saturated carbocycles. The molecule has 0 atom stereocenters. The van der Waals surface area contributed by atoms with Crippen molar-refractivity contribution in [3.63, 3.8) is 0 Å². The first-order valence-corrected chi connectivity index (χ1v) is 8.75. The predicted molar refractivity (Wildman–Crippen MR) is 103 cm³/mol. The van der Waals surface area contributed by atoms with E-state index in [0.29, 0.717) is 12.4 Å². The van der Waals surface area contributed by atoms with Crippen LogP contribution in [-0.2, 0) is 16.1 Å². The largest absolute Gasteiger partial charge is 0.497 e. The van der Waals surface area contributed by atoms with Crippen LogP contribution in [0.1, 0.15) is 5.56 Å². The van der Waals surface area contributed by atoms with Gasteiger partial charge < -0.3 is 15.4 Å². The van der Waals surface area contributed by atoms with Crippen molar-refractivity contribution in [2.24, 2.45) is 0 Å². The molecule has 1 aromatic carbocycles. The minimum Gasteiger partial charge on any atom is -0.497 e. The number of amides is 2. The lowest BCUT2D eigenvalue weighted by Crippen LogP contribution is -2.38. The van der Waals surface area contributed by atoms with Crippen molar-refractivity contribution in [1.82, 2.24) is 15.2 Å². The number of nitrogens with one attached hydrogen (secondary N) is 2. The number of methoxy groups -OCH3 is 1. The van der Waals surface area contributed by atoms with Crippen LogP contribution in [-0.4, -0.2) is 48.9 Å². The standard InChI is InChI=1S/C18H21BrN4O3/c1-23(12-18(25)22-16-8-5-14(19)10-20-16)11-17(24)21-9-13-3-6-15(26-2)7-4-13/h3-8,10H,9,11-12H2,1-2H3,(H,21,24)(H,20,22,25). The fraction of sp³-hybridized carbons (Fsp3) is 0.278. The molecule has 0 unspecified atom stereocenters. The van der Waals surface area contributed by atoms with Crippen molar-refractivity contribution < 1.29 is 14.3 Å². The molecule has 2 amide bonds. The second-order valence-corrected chi connectivity index (χ2v) is 6.62. The summed E-state index contributed by atoms with van der Waals surface area (Å²) in [5.74, 6) is 0.852. The molecule has 0 spiro atoms. The van der Waals surface area contributed by atoms with Crippen molar-refractivity contribution >= 4 is 33.6 Å². The van der Waals surface area contributed by atoms with Crippen LogP contribution in [0.15, 0.2) is 47.1 Å². The average Bonchev–Trinajstić information content (AvgIpc) is 2.62. The Balaban J connectivity index is 1.71. The zero-order chi connectivity index (χ0) is 18.9. The molecular formula is C18H21BrN4O3. The summed E-state index contributed by atoms with van der Waals surface area (Å²) < 4.78 is 5.93. The lowest BCUT2D eigenvalue weighted by Gasteiger charge is -2.16. The maximum atomic E-state index is 12.0. The highest BCUT2D eigenvalue weighted by Gasteiger charge is 2.11. The van der Waals surface area contributed by atoms with Crippen LogP contribution in [0.3, 0.4) is 0 Å². The number of nitrogens with zero attached hydrogens (tertiary/aromatic N) is 2. The highest BCUT2D eigenvalue weighted by molar-refractivity contribution is 9.10. The molecule has 0 aliphatic rings. The van der Waals surface area contributed by atoms with E-state index in [1.165, 1.54) is 0 Å². The van der Waals surface area contributed by atoms with E-state index < -0.39 is 0 Å². The monoisotopic (exact) mass is 420 g/mol. The zero-order valence-corrected chi connectivity index (χ0v) is 16.2. The third-order valence-electron chi connectivity index (χ3n) is 3.47. The molecule has 0 fully saturated rings. The van der Waals surface area contributed by atoms with Crippen LogP contribution in [0.2, 0.25) is 0 Å². The molecule has 0 bridgehead atoms. The Bertz CT molecular complexity index is 735. The first kappa shape index (κ1) is 19.9. The van der Waals surface area contributed by atoms with Gasteiger partial charge in [0.1, 0.15) is 11.6 Å². The first-order valence-electron chi connectivity index (χ1n) is 7.96. The van der Waals surface area contributed by atoms with E-state index in [0.717, 1.165) is 15.8 Å². The summed E-state index contributed by atoms with van der Waals surface area (Å²) >= 11 is 3.28. The van der Waals surface area contributed by atoms with Crippen LogP contribution < -0.4 is 15.4 Å². The fourth-order valence-corrected chi connectivity index (χ4v) is 2.41. The van der Waals surface area contributed by atoms with E-state index in [9.17, 15) is 9.59 Å². The van der Waals surface area contributed by atoms with Crippen molar-refractivity contribution in [3.05, 3.63) is 52.6 Å². The summed E-state index contributed by atoms with van der Waals surface area (Å²) in [6.07, 6.45) is 1.60. The summed E-state index contributed by atoms with van der Waals surface area (Å²) in [5.41, 5.74) is 0.973. The van der Waals surface area contributed by atoms with Gasteiger partial charge >= 0.3 is 0 Å². The molecule has 0 aliphatic carbocycles. The van der Waals surface area contributed by atoms with E-state index in [4.69, 9.17) is 4.74 Å². The van der Waals surface area contributed by atoms with Gasteiger partial charge in [-0.2, -0.15) is 0 Å². The van der Waals surface area contributed by atoms with Crippen LogP contribution in [0, 0.1) is 0 Å². The van der Waals surface area contributed by atoms with E-state index in [1.54, 1.807) is 37.4 Å². The summed E-state index contributed by atoms with van der Waals surface area (Å²) in [4.78, 5) is 29.7. The quantitative estimate of drug-likeness (QED) is 0.682. The zero-order valence-electron chi connectivity index (χ0n) is 14.7. The first-order chi connectivity index (χ1) is 12.5. The number of benzene rings is 1. The van der Waals surface area contributed by atoms with Gasteiger partial charge in [-0.15, -0.1) is 0 Å². The molecule has 138 valence electrons. The van der Waals surface area contributed by atoms with Gasteiger partial charge in [-0.1, -0.05) is 12.1 Å². The lowest BCUT2D eigenvalue weighted by atomic mass is 10.2. The summed E-state index contributed by atoms with van der Waals surface area (Å²) in [6, 6.07) is 11.0. The summed E-state index contributed by atoms with van der Waals surface area (Å²) in [5, 5.41) is 5.51. The van der Waals surface area contributed by atoms with Crippen molar-refractivity contribution in [2.45, 2.75) is 6.54 Å². The highest BCUT2D eigenvalue weighted by atomic mass is 79.9. The molecule has 0 saturated heterocycles. The molecule has 0 aliphatic heterocycles. The van der Waals surface area contributed by atoms with Gasteiger partial charge in [-0.3, -0.25) is 14.5 Å². The lowest BCUT2D eigenvalue weighted by molar-refractivity contribution is -0.123. The maximum Gasteiger partial charge on any atom is 0.239 e. The van der Waals surface area contributed by atoms with E-state index in [1.807, 2.05) is 24.3 Å². The Morgan fingerprint density at radius 1 is 1.12 bits per heavy atom. The number of anilines is 1. The number of carbonyl (C=O) groups is 2. The minimum absolute atomic E-state index is 0.0910.